The first kappa shape index (κ1) is 13.5. The quantitative estimate of drug-likeness (QED) is 0.855. The lowest BCUT2D eigenvalue weighted by atomic mass is 10.2. The van der Waals surface area contributed by atoms with Crippen molar-refractivity contribution in [2.75, 3.05) is 24.6 Å². The lowest BCUT2D eigenvalue weighted by Crippen LogP contribution is -2.44. The molecule has 7 heteroatoms. The van der Waals surface area contributed by atoms with E-state index in [1.807, 2.05) is 5.32 Å². The maximum atomic E-state index is 12.1. The van der Waals surface area contributed by atoms with E-state index in [9.17, 15) is 18.0 Å². The number of alkyl halides is 3. The predicted molar refractivity (Wildman–Crippen MR) is 63.4 cm³/mol. The molecule has 1 N–H and O–H groups in total. The summed E-state index contributed by atoms with van der Waals surface area (Å²) < 4.78 is 41.7. The monoisotopic (exact) mass is 274 g/mol. The van der Waals surface area contributed by atoms with Gasteiger partial charge in [-0.15, -0.1) is 0 Å². The number of halogens is 3. The highest BCUT2D eigenvalue weighted by molar-refractivity contribution is 5.93. The maximum absolute atomic E-state index is 12.1. The summed E-state index contributed by atoms with van der Waals surface area (Å²) in [4.78, 5) is 13.1. The van der Waals surface area contributed by atoms with Crippen molar-refractivity contribution in [1.82, 2.24) is 5.32 Å². The topological polar surface area (TPSA) is 41.6 Å². The van der Waals surface area contributed by atoms with Crippen molar-refractivity contribution >= 4 is 11.7 Å². The number of rotatable bonds is 1. The molecule has 0 aliphatic carbocycles. The van der Waals surface area contributed by atoms with Gasteiger partial charge in [-0.3, -0.25) is 4.90 Å². The number of ether oxygens (including phenoxy) is 1. The molecule has 1 heterocycles. The van der Waals surface area contributed by atoms with Gasteiger partial charge < -0.3 is 10.1 Å². The summed E-state index contributed by atoms with van der Waals surface area (Å²) in [5, 5.41) is 1.87. The number of fused-ring (bicyclic) bond motifs is 1. The van der Waals surface area contributed by atoms with Crippen molar-refractivity contribution in [2.45, 2.75) is 12.6 Å². The fraction of sp³-hybridized carbons (Fsp3) is 0.417. The molecule has 0 bridgehead atoms. The predicted octanol–water partition coefficient (Wildman–Crippen LogP) is 2.55. The Bertz CT molecular complexity index is 463. The number of hydrogen-bond acceptors (Lipinski definition) is 2. The summed E-state index contributed by atoms with van der Waals surface area (Å²) in [6.07, 6.45) is -3.86. The third kappa shape index (κ3) is 3.52. The molecule has 0 saturated heterocycles. The zero-order chi connectivity index (χ0) is 13.9. The van der Waals surface area contributed by atoms with Crippen LogP contribution in [0.1, 0.15) is 6.42 Å². The molecule has 0 radical (unpaired) electrons. The molecular formula is C12H13F3N2O2. The van der Waals surface area contributed by atoms with Crippen molar-refractivity contribution in [3.8, 4) is 5.75 Å². The largest absolute Gasteiger partial charge is 0.491 e. The molecule has 0 saturated carbocycles. The number of para-hydroxylation sites is 2. The van der Waals surface area contributed by atoms with E-state index < -0.39 is 18.8 Å². The Labute approximate surface area is 108 Å². The molecule has 0 spiro atoms. The number of anilines is 1. The van der Waals surface area contributed by atoms with Crippen LogP contribution in [0.4, 0.5) is 23.7 Å². The van der Waals surface area contributed by atoms with Gasteiger partial charge in [0.25, 0.3) is 0 Å². The van der Waals surface area contributed by atoms with Gasteiger partial charge in [-0.2, -0.15) is 13.2 Å². The standard InChI is InChI=1S/C12H13F3N2O2/c13-12(14,15)8-16-11(18)17-6-3-7-19-10-5-2-1-4-9(10)17/h1-2,4-5H,3,6-8H2,(H,16,18). The molecule has 19 heavy (non-hydrogen) atoms. The Morgan fingerprint density at radius 2 is 2.11 bits per heavy atom. The lowest BCUT2D eigenvalue weighted by Gasteiger charge is -2.22. The summed E-state index contributed by atoms with van der Waals surface area (Å²) in [6, 6.07) is 6.02. The van der Waals surface area contributed by atoms with E-state index in [0.717, 1.165) is 0 Å². The Balaban J connectivity index is 2.13. The van der Waals surface area contributed by atoms with Gasteiger partial charge in [0.2, 0.25) is 0 Å². The SMILES string of the molecule is O=C(NCC(F)(F)F)N1CCCOc2ccccc21. The first-order valence-electron chi connectivity index (χ1n) is 5.81. The highest BCUT2D eigenvalue weighted by Crippen LogP contribution is 2.30. The summed E-state index contributed by atoms with van der Waals surface area (Å²) in [6.45, 7) is -0.591. The number of amides is 2. The van der Waals surface area contributed by atoms with Crippen LogP contribution in [-0.2, 0) is 0 Å². The Morgan fingerprint density at radius 3 is 2.84 bits per heavy atom. The average Bonchev–Trinajstić information content (AvgIpc) is 2.57. The minimum Gasteiger partial charge on any atom is -0.491 e. The van der Waals surface area contributed by atoms with Gasteiger partial charge in [0.15, 0.2) is 0 Å². The van der Waals surface area contributed by atoms with Crippen molar-refractivity contribution < 1.29 is 22.7 Å². The Morgan fingerprint density at radius 1 is 1.37 bits per heavy atom. The van der Waals surface area contributed by atoms with Gasteiger partial charge in [0.1, 0.15) is 12.3 Å². The number of urea groups is 1. The number of hydrogen-bond donors (Lipinski definition) is 1. The maximum Gasteiger partial charge on any atom is 0.405 e. The molecule has 2 amide bonds. The van der Waals surface area contributed by atoms with E-state index in [4.69, 9.17) is 4.74 Å². The fourth-order valence-corrected chi connectivity index (χ4v) is 1.81. The van der Waals surface area contributed by atoms with Crippen LogP contribution in [0, 0.1) is 0 Å². The summed E-state index contributed by atoms with van der Waals surface area (Å²) >= 11 is 0. The van der Waals surface area contributed by atoms with Gasteiger partial charge >= 0.3 is 12.2 Å². The number of benzene rings is 1. The molecule has 1 aromatic rings. The fourth-order valence-electron chi connectivity index (χ4n) is 1.81. The van der Waals surface area contributed by atoms with Crippen LogP contribution in [0.2, 0.25) is 0 Å². The van der Waals surface area contributed by atoms with Crippen molar-refractivity contribution in [3.05, 3.63) is 24.3 Å². The van der Waals surface area contributed by atoms with Gasteiger partial charge in [0.05, 0.1) is 12.3 Å². The third-order valence-corrected chi connectivity index (χ3v) is 2.62. The molecule has 0 fully saturated rings. The van der Waals surface area contributed by atoms with E-state index in [-0.39, 0.29) is 0 Å². The van der Waals surface area contributed by atoms with Gasteiger partial charge in [-0.05, 0) is 18.6 Å². The van der Waals surface area contributed by atoms with E-state index in [1.165, 1.54) is 4.90 Å². The third-order valence-electron chi connectivity index (χ3n) is 2.62. The van der Waals surface area contributed by atoms with Crippen LogP contribution >= 0.6 is 0 Å². The van der Waals surface area contributed by atoms with Crippen LogP contribution in [0.15, 0.2) is 24.3 Å². The second kappa shape index (κ2) is 5.38. The molecule has 0 aromatic heterocycles. The molecule has 0 unspecified atom stereocenters. The Hall–Kier alpha value is -1.92. The second-order valence-corrected chi connectivity index (χ2v) is 4.10. The number of carbonyl (C=O) groups is 1. The number of nitrogens with one attached hydrogen (secondary N) is 1. The van der Waals surface area contributed by atoms with Gasteiger partial charge in [0, 0.05) is 6.54 Å². The summed E-state index contributed by atoms with van der Waals surface area (Å²) in [7, 11) is 0. The van der Waals surface area contributed by atoms with E-state index in [1.54, 1.807) is 24.3 Å². The minimum atomic E-state index is -4.42. The average molecular weight is 274 g/mol. The van der Waals surface area contributed by atoms with Crippen LogP contribution in [-0.4, -0.2) is 31.9 Å². The molecule has 4 nitrogen and oxygen atoms in total. The number of carbonyl (C=O) groups excluding carboxylic acids is 1. The highest BCUT2D eigenvalue weighted by Gasteiger charge is 2.30. The molecule has 1 aromatic carbocycles. The molecule has 2 rings (SSSR count). The molecule has 1 aliphatic heterocycles. The van der Waals surface area contributed by atoms with E-state index in [0.29, 0.717) is 31.0 Å². The molecule has 0 atom stereocenters. The zero-order valence-electron chi connectivity index (χ0n) is 10.0. The first-order valence-corrected chi connectivity index (χ1v) is 5.81. The van der Waals surface area contributed by atoms with Crippen molar-refractivity contribution in [3.63, 3.8) is 0 Å². The molecule has 1 aliphatic rings. The molecule has 104 valence electrons. The van der Waals surface area contributed by atoms with Gasteiger partial charge in [-0.1, -0.05) is 12.1 Å². The van der Waals surface area contributed by atoms with E-state index in [2.05, 4.69) is 0 Å². The highest BCUT2D eigenvalue weighted by atomic mass is 19.4. The molecular weight excluding hydrogens is 261 g/mol. The lowest BCUT2D eigenvalue weighted by molar-refractivity contribution is -0.122. The van der Waals surface area contributed by atoms with Crippen LogP contribution < -0.4 is 15.0 Å². The second-order valence-electron chi connectivity index (χ2n) is 4.10. The zero-order valence-corrected chi connectivity index (χ0v) is 10.0. The van der Waals surface area contributed by atoms with E-state index >= 15 is 0 Å². The first-order chi connectivity index (χ1) is 8.97. The summed E-state index contributed by atoms with van der Waals surface area (Å²) in [5.74, 6) is 0.502. The number of nitrogens with zero attached hydrogens (tertiary/aromatic N) is 1. The van der Waals surface area contributed by atoms with Crippen LogP contribution in [0.5, 0.6) is 5.75 Å². The summed E-state index contributed by atoms with van der Waals surface area (Å²) in [5.41, 5.74) is 0.486. The smallest absolute Gasteiger partial charge is 0.405 e. The normalized spacial score (nSPS) is 15.2. The van der Waals surface area contributed by atoms with Crippen molar-refractivity contribution in [2.24, 2.45) is 0 Å². The van der Waals surface area contributed by atoms with Crippen LogP contribution in [0.25, 0.3) is 0 Å². The van der Waals surface area contributed by atoms with Crippen LogP contribution in [0.3, 0.4) is 0 Å². The van der Waals surface area contributed by atoms with Gasteiger partial charge in [-0.25, -0.2) is 4.79 Å². The minimum absolute atomic E-state index is 0.320. The van der Waals surface area contributed by atoms with Crippen molar-refractivity contribution in [1.29, 1.82) is 0 Å². The Kier molecular flexibility index (Phi) is 3.82.